The van der Waals surface area contributed by atoms with Crippen LogP contribution in [0, 0.1) is 27.7 Å². The van der Waals surface area contributed by atoms with Gasteiger partial charge in [0, 0.05) is 11.3 Å². The summed E-state index contributed by atoms with van der Waals surface area (Å²) in [4.78, 5) is 16.8. The van der Waals surface area contributed by atoms with Gasteiger partial charge < -0.3 is 14.5 Å². The summed E-state index contributed by atoms with van der Waals surface area (Å²) in [6.07, 6.45) is 0. The summed E-state index contributed by atoms with van der Waals surface area (Å²) >= 11 is 5.27. The molecule has 0 aliphatic carbocycles. The second-order valence-corrected chi connectivity index (χ2v) is 8.52. The van der Waals surface area contributed by atoms with Crippen LogP contribution in [0.5, 0.6) is 5.75 Å². The number of benzene rings is 3. The Labute approximate surface area is 198 Å². The summed E-state index contributed by atoms with van der Waals surface area (Å²) in [7, 11) is 0. The van der Waals surface area contributed by atoms with Crippen molar-refractivity contribution >= 4 is 40.0 Å². The van der Waals surface area contributed by atoms with E-state index in [4.69, 9.17) is 21.4 Å². The Morgan fingerprint density at radius 1 is 0.970 bits per heavy atom. The molecule has 168 valence electrons. The first-order valence-corrected chi connectivity index (χ1v) is 11.0. The molecule has 1 amide bonds. The molecule has 1 heterocycles. The number of rotatable bonds is 5. The minimum absolute atomic E-state index is 0.133. The predicted molar refractivity (Wildman–Crippen MR) is 135 cm³/mol. The second kappa shape index (κ2) is 9.42. The van der Waals surface area contributed by atoms with Gasteiger partial charge in [-0.1, -0.05) is 12.1 Å². The highest BCUT2D eigenvalue weighted by atomic mass is 32.1. The maximum absolute atomic E-state index is 12.2. The van der Waals surface area contributed by atoms with Gasteiger partial charge in [0.15, 0.2) is 17.3 Å². The smallest absolute Gasteiger partial charge is 0.264 e. The van der Waals surface area contributed by atoms with E-state index in [1.165, 1.54) is 11.1 Å². The summed E-state index contributed by atoms with van der Waals surface area (Å²) in [5.74, 6) is 0.869. The Bertz CT molecular complexity index is 1340. The molecule has 0 aliphatic rings. The van der Waals surface area contributed by atoms with Crippen molar-refractivity contribution in [2.45, 2.75) is 27.7 Å². The maximum atomic E-state index is 12.2. The van der Waals surface area contributed by atoms with Crippen LogP contribution in [0.2, 0.25) is 0 Å². The molecule has 0 atom stereocenters. The Hall–Kier alpha value is -3.71. The molecule has 6 nitrogen and oxygen atoms in total. The quantitative estimate of drug-likeness (QED) is 0.377. The minimum atomic E-state index is -0.341. The van der Waals surface area contributed by atoms with E-state index in [1.807, 2.05) is 56.3 Å². The van der Waals surface area contributed by atoms with E-state index < -0.39 is 0 Å². The topological polar surface area (TPSA) is 76.4 Å². The van der Waals surface area contributed by atoms with Crippen molar-refractivity contribution in [2.24, 2.45) is 0 Å². The Morgan fingerprint density at radius 3 is 2.45 bits per heavy atom. The number of ether oxygens (including phenoxy) is 1. The van der Waals surface area contributed by atoms with E-state index >= 15 is 0 Å². The van der Waals surface area contributed by atoms with Gasteiger partial charge in [-0.25, -0.2) is 4.98 Å². The molecule has 2 N–H and O–H groups in total. The summed E-state index contributed by atoms with van der Waals surface area (Å²) in [5, 5.41) is 5.82. The fourth-order valence-corrected chi connectivity index (χ4v) is 3.72. The number of hydrogen-bond acceptors (Lipinski definition) is 5. The van der Waals surface area contributed by atoms with E-state index in [0.717, 1.165) is 16.7 Å². The van der Waals surface area contributed by atoms with Crippen LogP contribution in [0.15, 0.2) is 59.0 Å². The minimum Gasteiger partial charge on any atom is -0.484 e. The van der Waals surface area contributed by atoms with Crippen LogP contribution in [0.3, 0.4) is 0 Å². The van der Waals surface area contributed by atoms with Gasteiger partial charge in [0.05, 0.1) is 0 Å². The zero-order valence-electron chi connectivity index (χ0n) is 19.0. The van der Waals surface area contributed by atoms with Crippen LogP contribution in [-0.4, -0.2) is 22.6 Å². The number of carbonyl (C=O) groups excluding carboxylic acids is 1. The SMILES string of the molecule is Cc1cc(C)cc(OCC(=O)NC(=S)Nc2ccc3oc(-c4ccc(C)c(C)c4)nc3c2)c1. The molecular formula is C26H25N3O3S. The lowest BCUT2D eigenvalue weighted by Gasteiger charge is -2.11. The lowest BCUT2D eigenvalue weighted by Crippen LogP contribution is -2.37. The molecule has 0 radical (unpaired) electrons. The first kappa shape index (κ1) is 22.5. The van der Waals surface area contributed by atoms with Crippen LogP contribution >= 0.6 is 12.2 Å². The average Bonchev–Trinajstić information content (AvgIpc) is 3.17. The Morgan fingerprint density at radius 2 is 1.73 bits per heavy atom. The Balaban J connectivity index is 1.38. The summed E-state index contributed by atoms with van der Waals surface area (Å²) in [6, 6.07) is 17.4. The van der Waals surface area contributed by atoms with Crippen LogP contribution in [0.1, 0.15) is 22.3 Å². The van der Waals surface area contributed by atoms with Crippen LogP contribution in [0.25, 0.3) is 22.6 Å². The number of fused-ring (bicyclic) bond motifs is 1. The van der Waals surface area contributed by atoms with Gasteiger partial charge >= 0.3 is 0 Å². The number of oxazole rings is 1. The molecule has 0 aliphatic heterocycles. The molecule has 0 fully saturated rings. The summed E-state index contributed by atoms with van der Waals surface area (Å²) in [5.41, 5.74) is 7.54. The maximum Gasteiger partial charge on any atom is 0.264 e. The first-order valence-electron chi connectivity index (χ1n) is 10.6. The van der Waals surface area contributed by atoms with Gasteiger partial charge in [-0.3, -0.25) is 10.1 Å². The third-order valence-corrected chi connectivity index (χ3v) is 5.42. The number of aryl methyl sites for hydroxylation is 4. The lowest BCUT2D eigenvalue weighted by molar-refractivity contribution is -0.121. The number of thiocarbonyl (C=S) groups is 1. The third kappa shape index (κ3) is 5.56. The van der Waals surface area contributed by atoms with Crippen molar-refractivity contribution in [1.29, 1.82) is 0 Å². The van der Waals surface area contributed by atoms with Crippen LogP contribution < -0.4 is 15.4 Å². The summed E-state index contributed by atoms with van der Waals surface area (Å²) in [6.45, 7) is 7.96. The monoisotopic (exact) mass is 459 g/mol. The number of nitrogens with one attached hydrogen (secondary N) is 2. The molecule has 3 aromatic carbocycles. The van der Waals surface area contributed by atoms with E-state index in [2.05, 4.69) is 41.6 Å². The largest absolute Gasteiger partial charge is 0.484 e. The molecule has 0 saturated heterocycles. The number of amides is 1. The van der Waals surface area contributed by atoms with E-state index in [1.54, 1.807) is 0 Å². The van der Waals surface area contributed by atoms with Crippen molar-refractivity contribution in [3.63, 3.8) is 0 Å². The zero-order valence-corrected chi connectivity index (χ0v) is 19.8. The highest BCUT2D eigenvalue weighted by Gasteiger charge is 2.11. The molecule has 0 saturated carbocycles. The Kier molecular flexibility index (Phi) is 6.42. The summed E-state index contributed by atoms with van der Waals surface area (Å²) < 4.78 is 11.5. The van der Waals surface area contributed by atoms with Gasteiger partial charge in [0.25, 0.3) is 5.91 Å². The molecule has 0 unspecified atom stereocenters. The predicted octanol–water partition coefficient (Wildman–Crippen LogP) is 5.62. The van der Waals surface area contributed by atoms with Crippen molar-refractivity contribution in [3.05, 3.63) is 76.9 Å². The van der Waals surface area contributed by atoms with Gasteiger partial charge in [0.1, 0.15) is 11.3 Å². The third-order valence-electron chi connectivity index (χ3n) is 5.22. The number of nitrogens with zero attached hydrogens (tertiary/aromatic N) is 1. The van der Waals surface area contributed by atoms with Crippen LogP contribution in [0.4, 0.5) is 5.69 Å². The molecule has 7 heteroatoms. The highest BCUT2D eigenvalue weighted by Crippen LogP contribution is 2.27. The number of carbonyl (C=O) groups is 1. The van der Waals surface area contributed by atoms with E-state index in [0.29, 0.717) is 28.4 Å². The highest BCUT2D eigenvalue weighted by molar-refractivity contribution is 7.80. The van der Waals surface area contributed by atoms with Gasteiger partial charge in [0.2, 0.25) is 5.89 Å². The fourth-order valence-electron chi connectivity index (χ4n) is 3.49. The molecule has 1 aromatic heterocycles. The molecule has 0 spiro atoms. The van der Waals surface area contributed by atoms with Crippen molar-refractivity contribution in [2.75, 3.05) is 11.9 Å². The normalized spacial score (nSPS) is 10.8. The van der Waals surface area contributed by atoms with Gasteiger partial charge in [-0.15, -0.1) is 0 Å². The second-order valence-electron chi connectivity index (χ2n) is 8.11. The first-order chi connectivity index (χ1) is 15.8. The zero-order chi connectivity index (χ0) is 23.5. The molecule has 33 heavy (non-hydrogen) atoms. The van der Waals surface area contributed by atoms with Gasteiger partial charge in [-0.05, 0) is 105 Å². The lowest BCUT2D eigenvalue weighted by atomic mass is 10.1. The molecule has 0 bridgehead atoms. The van der Waals surface area contributed by atoms with Crippen molar-refractivity contribution < 1.29 is 13.9 Å². The fraction of sp³-hybridized carbons (Fsp3) is 0.192. The molecule has 4 aromatic rings. The number of aromatic nitrogens is 1. The molecule has 4 rings (SSSR count). The van der Waals surface area contributed by atoms with Crippen molar-refractivity contribution in [1.82, 2.24) is 10.3 Å². The van der Waals surface area contributed by atoms with E-state index in [9.17, 15) is 4.79 Å². The van der Waals surface area contributed by atoms with Crippen LogP contribution in [-0.2, 0) is 4.79 Å². The van der Waals surface area contributed by atoms with E-state index in [-0.39, 0.29) is 17.6 Å². The standard InChI is InChI=1S/C26H25N3O3S/c1-15-9-16(2)11-21(10-15)31-14-24(30)29-26(33)27-20-7-8-23-22(13-20)28-25(32-23)19-6-5-17(3)18(4)12-19/h5-13H,14H2,1-4H3,(H2,27,29,30,33). The number of hydrogen-bond donors (Lipinski definition) is 2. The van der Waals surface area contributed by atoms with Crippen molar-refractivity contribution in [3.8, 4) is 17.2 Å². The average molecular weight is 460 g/mol. The molecular weight excluding hydrogens is 434 g/mol. The van der Waals surface area contributed by atoms with Gasteiger partial charge in [-0.2, -0.15) is 0 Å². The number of anilines is 1.